The van der Waals surface area contributed by atoms with Crippen LogP contribution in [0.15, 0.2) is 24.4 Å². The molecule has 134 valence electrons. The van der Waals surface area contributed by atoms with Crippen LogP contribution in [0.5, 0.6) is 17.4 Å². The monoisotopic (exact) mass is 398 g/mol. The van der Waals surface area contributed by atoms with E-state index in [2.05, 4.69) is 9.72 Å². The van der Waals surface area contributed by atoms with Crippen molar-refractivity contribution in [3.63, 3.8) is 0 Å². The van der Waals surface area contributed by atoms with Crippen molar-refractivity contribution in [2.45, 2.75) is 6.18 Å². The van der Waals surface area contributed by atoms with Gasteiger partial charge in [0.1, 0.15) is 22.3 Å². The fourth-order valence-electron chi connectivity index (χ4n) is 1.61. The molecule has 0 saturated carbocycles. The average molecular weight is 399 g/mol. The number of aromatic carboxylic acids is 1. The quantitative estimate of drug-likeness (QED) is 0.719. The Bertz CT molecular complexity index is 814. The van der Waals surface area contributed by atoms with Crippen molar-refractivity contribution in [3.05, 3.63) is 45.8 Å². The first-order valence-corrected chi connectivity index (χ1v) is 7.06. The van der Waals surface area contributed by atoms with Crippen LogP contribution in [0.25, 0.3) is 0 Å². The third kappa shape index (κ3) is 5.10. The van der Waals surface area contributed by atoms with E-state index in [9.17, 15) is 27.5 Å². The topological polar surface area (TPSA) is 71.5 Å². The van der Waals surface area contributed by atoms with Crippen LogP contribution in [0.1, 0.15) is 10.4 Å². The summed E-state index contributed by atoms with van der Waals surface area (Å²) in [6, 6.07) is 2.56. The summed E-state index contributed by atoms with van der Waals surface area (Å²) < 4.78 is 59.5. The van der Waals surface area contributed by atoms with E-state index in [1.54, 1.807) is 0 Å². The van der Waals surface area contributed by atoms with Crippen LogP contribution in [0.2, 0.25) is 10.0 Å². The molecule has 0 spiro atoms. The fourth-order valence-corrected chi connectivity index (χ4v) is 2.02. The second-order valence-corrected chi connectivity index (χ2v) is 5.33. The van der Waals surface area contributed by atoms with Gasteiger partial charge in [0.15, 0.2) is 6.61 Å². The number of halogens is 6. The van der Waals surface area contributed by atoms with Crippen molar-refractivity contribution in [1.82, 2.24) is 4.98 Å². The van der Waals surface area contributed by atoms with Crippen molar-refractivity contribution in [3.8, 4) is 17.4 Å². The minimum absolute atomic E-state index is 0.0909. The van der Waals surface area contributed by atoms with Gasteiger partial charge in [-0.05, 0) is 6.07 Å². The predicted octanol–water partition coefficient (Wildman–Crippen LogP) is 3.62. The lowest BCUT2D eigenvalue weighted by Gasteiger charge is -2.12. The number of benzene rings is 1. The summed E-state index contributed by atoms with van der Waals surface area (Å²) in [7, 11) is 0. The molecule has 0 fully saturated rings. The minimum atomic E-state index is -4.56. The molecule has 1 heterocycles. The van der Waals surface area contributed by atoms with Gasteiger partial charge in [-0.3, -0.25) is 0 Å². The standard InChI is InChI=1S/C14H7Cl2F4NO4/c15-8-2-7(13(22)23)10(17)3-11(8)25-6-1-9(16)12(21-4-6)24-5-14(18,19)20/h1-4H,5H2,(H,22,23)/p-1. The highest BCUT2D eigenvalue weighted by molar-refractivity contribution is 6.32. The van der Waals surface area contributed by atoms with E-state index >= 15 is 0 Å². The van der Waals surface area contributed by atoms with Gasteiger partial charge in [0, 0.05) is 17.7 Å². The number of carboxylic acid groups (broad SMARTS) is 1. The Morgan fingerprint density at radius 3 is 2.44 bits per heavy atom. The molecule has 0 atom stereocenters. The third-order valence-corrected chi connectivity index (χ3v) is 3.19. The molecule has 0 saturated heterocycles. The third-order valence-electron chi connectivity index (χ3n) is 2.62. The first-order valence-electron chi connectivity index (χ1n) is 6.30. The van der Waals surface area contributed by atoms with Crippen LogP contribution in [0.4, 0.5) is 17.6 Å². The van der Waals surface area contributed by atoms with Crippen LogP contribution in [-0.2, 0) is 0 Å². The number of hydrogen-bond acceptors (Lipinski definition) is 5. The van der Waals surface area contributed by atoms with Gasteiger partial charge >= 0.3 is 6.18 Å². The second kappa shape index (κ2) is 7.32. The van der Waals surface area contributed by atoms with E-state index in [1.165, 1.54) is 0 Å². The Morgan fingerprint density at radius 1 is 1.20 bits per heavy atom. The lowest BCUT2D eigenvalue weighted by molar-refractivity contribution is -0.255. The Hall–Kier alpha value is -2.26. The second-order valence-electron chi connectivity index (χ2n) is 4.51. The summed E-state index contributed by atoms with van der Waals surface area (Å²) in [6.07, 6.45) is -3.59. The smallest absolute Gasteiger partial charge is 0.422 e. The lowest BCUT2D eigenvalue weighted by Crippen LogP contribution is -2.23. The SMILES string of the molecule is O=C([O-])c1cc(Cl)c(Oc2cnc(OCC(F)(F)F)c(Cl)c2)cc1F. The van der Waals surface area contributed by atoms with Gasteiger partial charge in [0.25, 0.3) is 0 Å². The molecule has 1 aromatic carbocycles. The van der Waals surface area contributed by atoms with Gasteiger partial charge in [0.2, 0.25) is 5.88 Å². The summed E-state index contributed by atoms with van der Waals surface area (Å²) in [6.45, 7) is -1.58. The molecule has 0 N–H and O–H groups in total. The summed E-state index contributed by atoms with van der Waals surface area (Å²) >= 11 is 11.5. The van der Waals surface area contributed by atoms with Gasteiger partial charge in [-0.1, -0.05) is 23.2 Å². The number of nitrogens with zero attached hydrogens (tertiary/aromatic N) is 1. The first kappa shape index (κ1) is 19.1. The number of carbonyl (C=O) groups is 1. The highest BCUT2D eigenvalue weighted by atomic mass is 35.5. The number of carbonyl (C=O) groups excluding carboxylic acids is 1. The van der Waals surface area contributed by atoms with Crippen LogP contribution in [0.3, 0.4) is 0 Å². The molecule has 11 heteroatoms. The number of ether oxygens (including phenoxy) is 2. The highest BCUT2D eigenvalue weighted by Crippen LogP contribution is 2.34. The van der Waals surface area contributed by atoms with Crippen molar-refractivity contribution in [2.24, 2.45) is 0 Å². The maximum atomic E-state index is 13.6. The first-order chi connectivity index (χ1) is 11.6. The van der Waals surface area contributed by atoms with E-state index in [0.29, 0.717) is 6.07 Å². The summed E-state index contributed by atoms with van der Waals surface area (Å²) in [5, 5.41) is 10.2. The molecule has 0 amide bonds. The van der Waals surface area contributed by atoms with Gasteiger partial charge in [0.05, 0.1) is 17.2 Å². The molecule has 25 heavy (non-hydrogen) atoms. The Kier molecular flexibility index (Phi) is 5.58. The van der Waals surface area contributed by atoms with E-state index in [0.717, 1.165) is 18.3 Å². The van der Waals surface area contributed by atoms with E-state index in [1.807, 2.05) is 0 Å². The zero-order valence-electron chi connectivity index (χ0n) is 11.9. The van der Waals surface area contributed by atoms with Gasteiger partial charge in [-0.25, -0.2) is 9.37 Å². The summed E-state index contributed by atoms with van der Waals surface area (Å²) in [5.41, 5.74) is -0.760. The summed E-state index contributed by atoms with van der Waals surface area (Å²) in [5.74, 6) is -3.74. The molecule has 0 aliphatic carbocycles. The van der Waals surface area contributed by atoms with Crippen molar-refractivity contribution < 1.29 is 36.9 Å². The largest absolute Gasteiger partial charge is 0.545 e. The molecular weight excluding hydrogens is 393 g/mol. The Labute approximate surface area is 147 Å². The minimum Gasteiger partial charge on any atom is -0.545 e. The molecule has 0 unspecified atom stereocenters. The maximum absolute atomic E-state index is 13.6. The van der Waals surface area contributed by atoms with Crippen LogP contribution < -0.4 is 14.6 Å². The lowest BCUT2D eigenvalue weighted by atomic mass is 10.2. The molecular formula is C14H6Cl2F4NO4-. The number of pyridine rings is 1. The Balaban J connectivity index is 2.20. The van der Waals surface area contributed by atoms with Crippen LogP contribution in [-0.4, -0.2) is 23.7 Å². The van der Waals surface area contributed by atoms with E-state index < -0.39 is 36.0 Å². The highest BCUT2D eigenvalue weighted by Gasteiger charge is 2.29. The predicted molar refractivity (Wildman–Crippen MR) is 76.6 cm³/mol. The van der Waals surface area contributed by atoms with Crippen LogP contribution in [0, 0.1) is 5.82 Å². The maximum Gasteiger partial charge on any atom is 0.422 e. The number of hydrogen-bond donors (Lipinski definition) is 0. The molecule has 5 nitrogen and oxygen atoms in total. The zero-order chi connectivity index (χ0) is 18.8. The molecule has 0 aliphatic heterocycles. The van der Waals surface area contributed by atoms with E-state index in [-0.39, 0.29) is 21.5 Å². The molecule has 2 rings (SSSR count). The normalized spacial score (nSPS) is 11.3. The molecule has 0 bridgehead atoms. The molecule has 2 aromatic rings. The van der Waals surface area contributed by atoms with Crippen molar-refractivity contribution in [1.29, 1.82) is 0 Å². The number of aromatic nitrogens is 1. The Morgan fingerprint density at radius 2 is 1.88 bits per heavy atom. The number of rotatable bonds is 5. The van der Waals surface area contributed by atoms with Crippen molar-refractivity contribution in [2.75, 3.05) is 6.61 Å². The zero-order valence-corrected chi connectivity index (χ0v) is 13.4. The molecule has 0 radical (unpaired) electrons. The van der Waals surface area contributed by atoms with Crippen LogP contribution >= 0.6 is 23.2 Å². The molecule has 0 aliphatic rings. The number of alkyl halides is 3. The fraction of sp³-hybridized carbons (Fsp3) is 0.143. The van der Waals surface area contributed by atoms with Crippen molar-refractivity contribution >= 4 is 29.2 Å². The van der Waals surface area contributed by atoms with E-state index in [4.69, 9.17) is 27.9 Å². The molecule has 1 aromatic heterocycles. The van der Waals surface area contributed by atoms with Gasteiger partial charge in [-0.15, -0.1) is 0 Å². The summed E-state index contributed by atoms with van der Waals surface area (Å²) in [4.78, 5) is 14.2. The number of carboxylic acids is 1. The van der Waals surface area contributed by atoms with Gasteiger partial charge in [-0.2, -0.15) is 13.2 Å². The average Bonchev–Trinajstić information content (AvgIpc) is 2.48. The van der Waals surface area contributed by atoms with Gasteiger partial charge < -0.3 is 19.4 Å².